The van der Waals surface area contributed by atoms with Gasteiger partial charge in [0.1, 0.15) is 11.8 Å². The fraction of sp³-hybridized carbons (Fsp3) is 0.227. The molecule has 4 heterocycles. The molecular formula is C22H20N6O2. The first-order valence-corrected chi connectivity index (χ1v) is 9.76. The normalized spacial score (nSPS) is 13.9. The number of ether oxygens (including phenoxy) is 1. The highest BCUT2D eigenvalue weighted by Gasteiger charge is 2.19. The molecule has 8 heteroatoms. The van der Waals surface area contributed by atoms with Crippen LogP contribution in [-0.4, -0.2) is 49.9 Å². The first-order chi connectivity index (χ1) is 14.6. The van der Waals surface area contributed by atoms with Crippen molar-refractivity contribution in [1.82, 2.24) is 30.3 Å². The van der Waals surface area contributed by atoms with E-state index in [2.05, 4.69) is 25.6 Å². The Morgan fingerprint density at radius 2 is 2.07 bits per heavy atom. The van der Waals surface area contributed by atoms with E-state index in [4.69, 9.17) is 4.74 Å². The molecule has 3 aromatic heterocycles. The van der Waals surface area contributed by atoms with E-state index >= 15 is 0 Å². The van der Waals surface area contributed by atoms with E-state index in [1.54, 1.807) is 29.2 Å². The van der Waals surface area contributed by atoms with E-state index < -0.39 is 0 Å². The first-order valence-electron chi connectivity index (χ1n) is 9.76. The van der Waals surface area contributed by atoms with Gasteiger partial charge in [-0.15, -0.1) is 5.10 Å². The highest BCUT2D eigenvalue weighted by atomic mass is 16.5. The molecule has 4 aromatic rings. The Bertz CT molecular complexity index is 1230. The predicted octanol–water partition coefficient (Wildman–Crippen LogP) is 2.20. The summed E-state index contributed by atoms with van der Waals surface area (Å²) in [5, 5.41) is 13.3. The Labute approximate surface area is 172 Å². The fourth-order valence-electron chi connectivity index (χ4n) is 3.35. The third kappa shape index (κ3) is 3.77. The van der Waals surface area contributed by atoms with Crippen molar-refractivity contribution in [3.8, 4) is 17.1 Å². The largest absolute Gasteiger partial charge is 0.472 e. The predicted molar refractivity (Wildman–Crippen MR) is 111 cm³/mol. The third-order valence-corrected chi connectivity index (χ3v) is 5.11. The Balaban J connectivity index is 1.36. The van der Waals surface area contributed by atoms with Crippen molar-refractivity contribution in [2.75, 3.05) is 13.1 Å². The summed E-state index contributed by atoms with van der Waals surface area (Å²) in [6.07, 6.45) is 5.60. The molecule has 0 saturated carbocycles. The molecule has 0 spiro atoms. The second-order valence-electron chi connectivity index (χ2n) is 7.40. The van der Waals surface area contributed by atoms with Gasteiger partial charge in [0.15, 0.2) is 5.78 Å². The van der Waals surface area contributed by atoms with Crippen molar-refractivity contribution in [3.63, 3.8) is 0 Å². The SMILES string of the molecule is Cn1cc(-c2ccc3cnc(CC(=O)c4ccnc(OC5CNC5)c4)cc3c2)nn1. The molecule has 8 nitrogen and oxygen atoms in total. The van der Waals surface area contributed by atoms with Crippen molar-refractivity contribution in [3.05, 3.63) is 66.2 Å². The number of nitrogens with one attached hydrogen (secondary N) is 1. The number of aromatic nitrogens is 5. The number of hydrogen-bond acceptors (Lipinski definition) is 7. The maximum atomic E-state index is 12.8. The van der Waals surface area contributed by atoms with Crippen molar-refractivity contribution in [1.29, 1.82) is 0 Å². The van der Waals surface area contributed by atoms with Crippen LogP contribution in [0.15, 0.2) is 55.0 Å². The van der Waals surface area contributed by atoms with Crippen molar-refractivity contribution < 1.29 is 9.53 Å². The van der Waals surface area contributed by atoms with Gasteiger partial charge in [-0.1, -0.05) is 17.3 Å². The molecule has 0 atom stereocenters. The zero-order chi connectivity index (χ0) is 20.5. The van der Waals surface area contributed by atoms with Gasteiger partial charge in [-0.2, -0.15) is 0 Å². The summed E-state index contributed by atoms with van der Waals surface area (Å²) in [4.78, 5) is 21.5. The molecule has 1 aliphatic rings. The van der Waals surface area contributed by atoms with Crippen molar-refractivity contribution in [2.24, 2.45) is 7.05 Å². The van der Waals surface area contributed by atoms with E-state index in [0.717, 1.165) is 35.1 Å². The van der Waals surface area contributed by atoms with Gasteiger partial charge < -0.3 is 10.1 Å². The van der Waals surface area contributed by atoms with E-state index in [-0.39, 0.29) is 18.3 Å². The topological polar surface area (TPSA) is 94.8 Å². The minimum atomic E-state index is -0.0223. The number of carbonyl (C=O) groups excluding carboxylic acids is 1. The zero-order valence-electron chi connectivity index (χ0n) is 16.4. The molecule has 30 heavy (non-hydrogen) atoms. The third-order valence-electron chi connectivity index (χ3n) is 5.11. The Morgan fingerprint density at radius 3 is 2.83 bits per heavy atom. The lowest BCUT2D eigenvalue weighted by Gasteiger charge is -2.27. The molecule has 0 bridgehead atoms. The molecule has 0 unspecified atom stereocenters. The van der Waals surface area contributed by atoms with Crippen LogP contribution in [0.3, 0.4) is 0 Å². The van der Waals surface area contributed by atoms with E-state index in [1.807, 2.05) is 37.5 Å². The van der Waals surface area contributed by atoms with Crippen LogP contribution in [0, 0.1) is 0 Å². The molecule has 0 amide bonds. The van der Waals surface area contributed by atoms with E-state index in [9.17, 15) is 4.79 Å². The van der Waals surface area contributed by atoms with Gasteiger partial charge in [0.25, 0.3) is 0 Å². The summed E-state index contributed by atoms with van der Waals surface area (Å²) in [6, 6.07) is 11.4. The smallest absolute Gasteiger partial charge is 0.214 e. The number of nitrogens with zero attached hydrogens (tertiary/aromatic N) is 5. The number of hydrogen-bond donors (Lipinski definition) is 1. The van der Waals surface area contributed by atoms with Crippen LogP contribution >= 0.6 is 0 Å². The highest BCUT2D eigenvalue weighted by Crippen LogP contribution is 2.23. The molecule has 1 aromatic carbocycles. The number of pyridine rings is 2. The number of benzene rings is 1. The lowest BCUT2D eigenvalue weighted by atomic mass is 10.0. The number of Topliss-reactive ketones (excluding diaryl/α,β-unsaturated/α-hetero) is 1. The number of aryl methyl sites for hydroxylation is 1. The van der Waals surface area contributed by atoms with Crippen LogP contribution in [0.2, 0.25) is 0 Å². The second-order valence-corrected chi connectivity index (χ2v) is 7.40. The zero-order valence-corrected chi connectivity index (χ0v) is 16.4. The molecule has 1 fully saturated rings. The number of rotatable bonds is 6. The molecule has 1 saturated heterocycles. The molecule has 0 radical (unpaired) electrons. The monoisotopic (exact) mass is 400 g/mol. The summed E-state index contributed by atoms with van der Waals surface area (Å²) < 4.78 is 7.42. The van der Waals surface area contributed by atoms with E-state index in [1.165, 1.54) is 0 Å². The van der Waals surface area contributed by atoms with Crippen LogP contribution in [0.5, 0.6) is 5.88 Å². The fourth-order valence-corrected chi connectivity index (χ4v) is 3.35. The Hall–Kier alpha value is -3.65. The summed E-state index contributed by atoms with van der Waals surface area (Å²) in [5.74, 6) is 0.457. The van der Waals surface area contributed by atoms with Crippen LogP contribution in [0.1, 0.15) is 16.1 Å². The lowest BCUT2D eigenvalue weighted by Crippen LogP contribution is -2.50. The summed E-state index contributed by atoms with van der Waals surface area (Å²) >= 11 is 0. The van der Waals surface area contributed by atoms with Gasteiger partial charge in [0.2, 0.25) is 5.88 Å². The molecule has 1 aliphatic heterocycles. The second kappa shape index (κ2) is 7.64. The number of ketones is 1. The number of carbonyl (C=O) groups is 1. The van der Waals surface area contributed by atoms with Crippen LogP contribution in [-0.2, 0) is 13.5 Å². The first kappa shape index (κ1) is 18.4. The quantitative estimate of drug-likeness (QED) is 0.496. The van der Waals surface area contributed by atoms with Gasteiger partial charge in [-0.3, -0.25) is 14.5 Å². The maximum absolute atomic E-state index is 12.8. The van der Waals surface area contributed by atoms with E-state index in [0.29, 0.717) is 17.1 Å². The lowest BCUT2D eigenvalue weighted by molar-refractivity contribution is 0.0989. The average Bonchev–Trinajstić information content (AvgIpc) is 3.17. The number of fused-ring (bicyclic) bond motifs is 1. The molecular weight excluding hydrogens is 380 g/mol. The standard InChI is InChI=1S/C22H20N6O2/c1-28-13-20(26-27-28)14-2-3-16-10-25-18(7-17(16)6-14)9-21(29)15-4-5-24-22(8-15)30-19-11-23-12-19/h2-8,10,13,19,23H,9,11-12H2,1H3. The molecule has 5 rings (SSSR count). The van der Waals surface area contributed by atoms with Crippen LogP contribution < -0.4 is 10.1 Å². The average molecular weight is 400 g/mol. The molecule has 0 aliphatic carbocycles. The van der Waals surface area contributed by atoms with Crippen LogP contribution in [0.25, 0.3) is 22.0 Å². The molecule has 1 N–H and O–H groups in total. The summed E-state index contributed by atoms with van der Waals surface area (Å²) in [7, 11) is 1.84. The highest BCUT2D eigenvalue weighted by molar-refractivity contribution is 5.98. The summed E-state index contributed by atoms with van der Waals surface area (Å²) in [5.41, 5.74) is 3.06. The Kier molecular flexibility index (Phi) is 4.68. The molecule has 150 valence electrons. The maximum Gasteiger partial charge on any atom is 0.214 e. The van der Waals surface area contributed by atoms with Gasteiger partial charge >= 0.3 is 0 Å². The van der Waals surface area contributed by atoms with Crippen molar-refractivity contribution in [2.45, 2.75) is 12.5 Å². The minimum absolute atomic E-state index is 0.0223. The Morgan fingerprint density at radius 1 is 1.17 bits per heavy atom. The van der Waals surface area contributed by atoms with Gasteiger partial charge in [0.05, 0.1) is 12.6 Å². The van der Waals surface area contributed by atoms with Crippen LogP contribution in [0.4, 0.5) is 0 Å². The van der Waals surface area contributed by atoms with Gasteiger partial charge in [-0.25, -0.2) is 4.98 Å². The minimum Gasteiger partial charge on any atom is -0.472 e. The van der Waals surface area contributed by atoms with Gasteiger partial charge in [-0.05, 0) is 23.6 Å². The summed E-state index contributed by atoms with van der Waals surface area (Å²) in [6.45, 7) is 1.61. The van der Waals surface area contributed by atoms with Gasteiger partial charge in [0, 0.05) is 60.8 Å². The van der Waals surface area contributed by atoms with Crippen molar-refractivity contribution >= 4 is 16.6 Å².